The molecule has 0 atom stereocenters. The number of nitrogens with one attached hydrogen (secondary N) is 1. The molecule has 0 radical (unpaired) electrons. The van der Waals surface area contributed by atoms with Crippen molar-refractivity contribution in [2.24, 2.45) is 0 Å². The van der Waals surface area contributed by atoms with Crippen LogP contribution in [0.15, 0.2) is 76.1 Å². The summed E-state index contributed by atoms with van der Waals surface area (Å²) in [5.74, 6) is -0.313. The zero-order valence-corrected chi connectivity index (χ0v) is 21.7. The molecule has 7 nitrogen and oxygen atoms in total. The van der Waals surface area contributed by atoms with Crippen molar-refractivity contribution in [3.05, 3.63) is 71.2 Å². The molecule has 0 spiro atoms. The van der Waals surface area contributed by atoms with Crippen molar-refractivity contribution < 1.29 is 13.2 Å². The number of aromatic nitrogens is 2. The van der Waals surface area contributed by atoms with Crippen molar-refractivity contribution in [1.82, 2.24) is 14.5 Å². The van der Waals surface area contributed by atoms with E-state index in [4.69, 9.17) is 0 Å². The lowest BCUT2D eigenvalue weighted by molar-refractivity contribution is -0.116. The lowest BCUT2D eigenvalue weighted by Crippen LogP contribution is -2.34. The van der Waals surface area contributed by atoms with Gasteiger partial charge in [-0.05, 0) is 41.5 Å². The van der Waals surface area contributed by atoms with Gasteiger partial charge in [0.1, 0.15) is 5.01 Å². The third kappa shape index (κ3) is 5.69. The van der Waals surface area contributed by atoms with Crippen molar-refractivity contribution in [3.63, 3.8) is 0 Å². The summed E-state index contributed by atoms with van der Waals surface area (Å²) >= 11 is 4.69. The zero-order chi connectivity index (χ0) is 24.1. The number of fused-ring (bicyclic) bond motifs is 1. The molecule has 0 fully saturated rings. The summed E-state index contributed by atoms with van der Waals surface area (Å²) in [6, 6.07) is 20.4. The van der Waals surface area contributed by atoms with Gasteiger partial charge in [0.25, 0.3) is 0 Å². The molecule has 4 aromatic rings. The van der Waals surface area contributed by atoms with Crippen molar-refractivity contribution >= 4 is 59.1 Å². The van der Waals surface area contributed by atoms with Gasteiger partial charge in [-0.2, -0.15) is 4.31 Å². The van der Waals surface area contributed by atoms with Gasteiger partial charge in [-0.25, -0.2) is 8.42 Å². The largest absolute Gasteiger partial charge is 0.300 e. The fourth-order valence-electron chi connectivity index (χ4n) is 3.50. The molecule has 1 amide bonds. The second kappa shape index (κ2) is 10.7. The Labute approximate surface area is 211 Å². The maximum absolute atomic E-state index is 13.3. The van der Waals surface area contributed by atoms with Crippen molar-refractivity contribution in [2.75, 3.05) is 18.4 Å². The minimum Gasteiger partial charge on any atom is -0.300 e. The van der Waals surface area contributed by atoms with E-state index in [9.17, 15) is 13.2 Å². The molecular formula is C24H23BrN4O3S2. The molecule has 4 rings (SSSR count). The highest BCUT2D eigenvalue weighted by Crippen LogP contribution is 2.28. The number of rotatable bonds is 9. The van der Waals surface area contributed by atoms with Gasteiger partial charge in [0, 0.05) is 29.5 Å². The van der Waals surface area contributed by atoms with Gasteiger partial charge >= 0.3 is 0 Å². The number of hydrogen-bond acceptors (Lipinski definition) is 6. The first-order valence-corrected chi connectivity index (χ1v) is 13.8. The van der Waals surface area contributed by atoms with E-state index in [0.717, 1.165) is 20.8 Å². The van der Waals surface area contributed by atoms with Crippen LogP contribution >= 0.6 is 27.3 Å². The molecule has 3 aromatic carbocycles. The Morgan fingerprint density at radius 3 is 2.56 bits per heavy atom. The molecule has 34 heavy (non-hydrogen) atoms. The van der Waals surface area contributed by atoms with Crippen LogP contribution in [0, 0.1) is 0 Å². The van der Waals surface area contributed by atoms with Crippen LogP contribution < -0.4 is 5.32 Å². The predicted molar refractivity (Wildman–Crippen MR) is 139 cm³/mol. The van der Waals surface area contributed by atoms with Gasteiger partial charge in [-0.1, -0.05) is 76.7 Å². The normalized spacial score (nSPS) is 11.7. The Hall–Kier alpha value is -2.66. The highest BCUT2D eigenvalue weighted by molar-refractivity contribution is 9.10. The van der Waals surface area contributed by atoms with E-state index in [-0.39, 0.29) is 23.8 Å². The molecule has 0 bridgehead atoms. The highest BCUT2D eigenvalue weighted by atomic mass is 79.9. The van der Waals surface area contributed by atoms with Gasteiger partial charge in [0.15, 0.2) is 0 Å². The summed E-state index contributed by atoms with van der Waals surface area (Å²) in [7, 11) is -3.74. The van der Waals surface area contributed by atoms with E-state index < -0.39 is 10.0 Å². The summed E-state index contributed by atoms with van der Waals surface area (Å²) in [4.78, 5) is 12.8. The number of halogens is 1. The van der Waals surface area contributed by atoms with E-state index in [1.165, 1.54) is 15.6 Å². The van der Waals surface area contributed by atoms with Gasteiger partial charge in [-0.3, -0.25) is 4.79 Å². The van der Waals surface area contributed by atoms with Crippen LogP contribution in [0.2, 0.25) is 0 Å². The number of carbonyl (C=O) groups is 1. The molecule has 10 heteroatoms. The fraction of sp³-hybridized carbons (Fsp3) is 0.208. The smallest absolute Gasteiger partial charge is 0.243 e. The Balaban J connectivity index is 1.43. The van der Waals surface area contributed by atoms with Crippen LogP contribution in [0.5, 0.6) is 0 Å². The van der Waals surface area contributed by atoms with E-state index in [2.05, 4.69) is 31.4 Å². The second-order valence-electron chi connectivity index (χ2n) is 7.63. The monoisotopic (exact) mass is 558 g/mol. The zero-order valence-electron chi connectivity index (χ0n) is 18.4. The molecule has 1 aromatic heterocycles. The first-order valence-electron chi connectivity index (χ1n) is 10.7. The minimum absolute atomic E-state index is 0.0125. The molecular weight excluding hydrogens is 536 g/mol. The average molecular weight is 560 g/mol. The number of amides is 1. The second-order valence-corrected chi connectivity index (χ2v) is 11.5. The Morgan fingerprint density at radius 1 is 1.00 bits per heavy atom. The SMILES string of the molecule is CCCN(CCC(=O)Nc1nnc(-c2cccc(Br)c2)s1)S(=O)(=O)c1ccc2ccccc2c1. The first-order chi connectivity index (χ1) is 16.4. The number of hydrogen-bond donors (Lipinski definition) is 1. The lowest BCUT2D eigenvalue weighted by atomic mass is 10.1. The van der Waals surface area contributed by atoms with Gasteiger partial charge in [-0.15, -0.1) is 10.2 Å². The number of anilines is 1. The Kier molecular flexibility index (Phi) is 7.72. The third-order valence-electron chi connectivity index (χ3n) is 5.16. The fourth-order valence-corrected chi connectivity index (χ4v) is 6.22. The summed E-state index contributed by atoms with van der Waals surface area (Å²) in [5.41, 5.74) is 0.892. The van der Waals surface area contributed by atoms with Crippen LogP contribution in [0.3, 0.4) is 0 Å². The van der Waals surface area contributed by atoms with E-state index in [1.807, 2.05) is 55.5 Å². The maximum atomic E-state index is 13.3. The molecule has 0 saturated carbocycles. The quantitative estimate of drug-likeness (QED) is 0.290. The Morgan fingerprint density at radius 2 is 1.79 bits per heavy atom. The molecule has 1 N–H and O–H groups in total. The van der Waals surface area contributed by atoms with Crippen LogP contribution in [0.1, 0.15) is 19.8 Å². The van der Waals surface area contributed by atoms with E-state index in [1.54, 1.807) is 18.2 Å². The third-order valence-corrected chi connectivity index (χ3v) is 8.44. The number of nitrogens with zero attached hydrogens (tertiary/aromatic N) is 3. The molecule has 176 valence electrons. The van der Waals surface area contributed by atoms with Crippen molar-refractivity contribution in [1.29, 1.82) is 0 Å². The summed E-state index contributed by atoms with van der Waals surface area (Å²) in [6.45, 7) is 2.31. The Bertz CT molecular complexity index is 1420. The van der Waals surface area contributed by atoms with Crippen LogP contribution in [-0.4, -0.2) is 41.9 Å². The maximum Gasteiger partial charge on any atom is 0.243 e. The van der Waals surface area contributed by atoms with Crippen LogP contribution in [0.25, 0.3) is 21.3 Å². The predicted octanol–water partition coefficient (Wildman–Crippen LogP) is 5.55. The minimum atomic E-state index is -3.74. The molecule has 0 unspecified atom stereocenters. The lowest BCUT2D eigenvalue weighted by Gasteiger charge is -2.21. The van der Waals surface area contributed by atoms with E-state index >= 15 is 0 Å². The molecule has 0 aliphatic carbocycles. The summed E-state index contributed by atoms with van der Waals surface area (Å²) in [5, 5.41) is 13.8. The first kappa shape index (κ1) is 24.5. The number of sulfonamides is 1. The van der Waals surface area contributed by atoms with Crippen molar-refractivity contribution in [3.8, 4) is 10.6 Å². The average Bonchev–Trinajstić information content (AvgIpc) is 3.29. The van der Waals surface area contributed by atoms with Crippen LogP contribution in [-0.2, 0) is 14.8 Å². The van der Waals surface area contributed by atoms with Gasteiger partial charge in [0.05, 0.1) is 4.90 Å². The number of benzene rings is 3. The molecule has 1 heterocycles. The molecule has 0 aliphatic rings. The van der Waals surface area contributed by atoms with Gasteiger partial charge < -0.3 is 5.32 Å². The van der Waals surface area contributed by atoms with Gasteiger partial charge in [0.2, 0.25) is 21.1 Å². The topological polar surface area (TPSA) is 92.3 Å². The van der Waals surface area contributed by atoms with Crippen LogP contribution in [0.4, 0.5) is 5.13 Å². The number of carbonyl (C=O) groups excluding carboxylic acids is 1. The molecule has 0 aliphatic heterocycles. The summed E-state index contributed by atoms with van der Waals surface area (Å²) < 4.78 is 28.9. The van der Waals surface area contributed by atoms with E-state index in [0.29, 0.717) is 23.1 Å². The molecule has 0 saturated heterocycles. The standard InChI is InChI=1S/C24H23BrN4O3S2/c1-2-13-29(34(31,32)21-11-10-17-6-3-4-7-18(17)16-21)14-12-22(30)26-24-28-27-23(33-24)19-8-5-9-20(25)15-19/h3-11,15-16H,2,12-14H2,1H3,(H,26,28,30). The highest BCUT2D eigenvalue weighted by Gasteiger charge is 2.25. The van der Waals surface area contributed by atoms with Crippen molar-refractivity contribution in [2.45, 2.75) is 24.7 Å². The summed E-state index contributed by atoms with van der Waals surface area (Å²) in [6.07, 6.45) is 0.652.